The number of anilines is 2. The molecule has 152 valence electrons. The molecule has 1 unspecified atom stereocenters. The van der Waals surface area contributed by atoms with Gasteiger partial charge < -0.3 is 20.0 Å². The predicted octanol–water partition coefficient (Wildman–Crippen LogP) is 3.12. The highest BCUT2D eigenvalue weighted by molar-refractivity contribution is 6.33. The smallest absolute Gasteiger partial charge is 0.317 e. The molecule has 6 nitrogen and oxygen atoms in total. The minimum Gasteiger partial charge on any atom is -0.367 e. The Morgan fingerprint density at radius 2 is 1.83 bits per heavy atom. The van der Waals surface area contributed by atoms with Crippen LogP contribution in [0.2, 0.25) is 5.02 Å². The SMILES string of the molecule is O=C(NC1CC(=O)N(c2cccc(F)c2)C1)N1CCN(c2ccccc2Cl)CC1. The fraction of sp³-hybridized carbons (Fsp3) is 0.333. The molecular weight excluding hydrogens is 395 g/mol. The first-order valence-corrected chi connectivity index (χ1v) is 10.00. The molecule has 1 N–H and O–H groups in total. The number of nitrogens with zero attached hydrogens (tertiary/aromatic N) is 3. The van der Waals surface area contributed by atoms with Gasteiger partial charge in [0.25, 0.3) is 0 Å². The van der Waals surface area contributed by atoms with Gasteiger partial charge in [-0.15, -0.1) is 0 Å². The van der Waals surface area contributed by atoms with Gasteiger partial charge in [-0.2, -0.15) is 0 Å². The zero-order valence-corrected chi connectivity index (χ0v) is 16.6. The zero-order chi connectivity index (χ0) is 20.4. The molecule has 29 heavy (non-hydrogen) atoms. The second-order valence-corrected chi connectivity index (χ2v) is 7.67. The predicted molar refractivity (Wildman–Crippen MR) is 111 cm³/mol. The molecule has 2 aliphatic rings. The first-order chi connectivity index (χ1) is 14.0. The van der Waals surface area contributed by atoms with E-state index in [1.165, 1.54) is 17.0 Å². The third-order valence-electron chi connectivity index (χ3n) is 5.33. The molecule has 8 heteroatoms. The van der Waals surface area contributed by atoms with Crippen molar-refractivity contribution in [2.24, 2.45) is 0 Å². The summed E-state index contributed by atoms with van der Waals surface area (Å²) in [5, 5.41) is 3.65. The van der Waals surface area contributed by atoms with Gasteiger partial charge in [-0.3, -0.25) is 4.79 Å². The van der Waals surface area contributed by atoms with Gasteiger partial charge in [0.1, 0.15) is 5.82 Å². The molecule has 2 fully saturated rings. The van der Waals surface area contributed by atoms with E-state index in [2.05, 4.69) is 10.2 Å². The molecular formula is C21H22ClFN4O2. The zero-order valence-electron chi connectivity index (χ0n) is 15.9. The molecule has 2 aliphatic heterocycles. The van der Waals surface area contributed by atoms with Gasteiger partial charge in [-0.25, -0.2) is 9.18 Å². The highest BCUT2D eigenvalue weighted by Crippen LogP contribution is 2.26. The molecule has 0 saturated carbocycles. The third kappa shape index (κ3) is 4.29. The summed E-state index contributed by atoms with van der Waals surface area (Å²) in [5.41, 5.74) is 1.49. The molecule has 2 heterocycles. The molecule has 4 rings (SSSR count). The minimum atomic E-state index is -0.390. The van der Waals surface area contributed by atoms with Crippen LogP contribution < -0.4 is 15.1 Å². The van der Waals surface area contributed by atoms with E-state index >= 15 is 0 Å². The normalized spacial score (nSPS) is 19.6. The lowest BCUT2D eigenvalue weighted by molar-refractivity contribution is -0.117. The average molecular weight is 417 g/mol. The van der Waals surface area contributed by atoms with Gasteiger partial charge in [-0.05, 0) is 30.3 Å². The van der Waals surface area contributed by atoms with Gasteiger partial charge in [-0.1, -0.05) is 29.8 Å². The summed E-state index contributed by atoms with van der Waals surface area (Å²) in [6.45, 7) is 2.87. The number of amides is 3. The Bertz CT molecular complexity index is 917. The Labute approximate surface area is 173 Å². The number of halogens is 2. The number of piperazine rings is 1. The van der Waals surface area contributed by atoms with Gasteiger partial charge in [0, 0.05) is 44.8 Å². The van der Waals surface area contributed by atoms with E-state index < -0.39 is 0 Å². The Kier molecular flexibility index (Phi) is 5.58. The highest BCUT2D eigenvalue weighted by atomic mass is 35.5. The van der Waals surface area contributed by atoms with Crippen molar-refractivity contribution in [2.45, 2.75) is 12.5 Å². The van der Waals surface area contributed by atoms with Crippen LogP contribution in [0.3, 0.4) is 0 Å². The van der Waals surface area contributed by atoms with Crippen LogP contribution in [0.25, 0.3) is 0 Å². The van der Waals surface area contributed by atoms with E-state index in [0.29, 0.717) is 43.4 Å². The number of hydrogen-bond acceptors (Lipinski definition) is 3. The van der Waals surface area contributed by atoms with Crippen molar-refractivity contribution in [3.8, 4) is 0 Å². The first kappa shape index (κ1) is 19.5. The monoisotopic (exact) mass is 416 g/mol. The van der Waals surface area contributed by atoms with Gasteiger partial charge in [0.2, 0.25) is 5.91 Å². The Morgan fingerprint density at radius 1 is 1.07 bits per heavy atom. The summed E-state index contributed by atoms with van der Waals surface area (Å²) in [6.07, 6.45) is 0.210. The maximum absolute atomic E-state index is 13.5. The number of benzene rings is 2. The van der Waals surface area contributed by atoms with Crippen LogP contribution in [-0.2, 0) is 4.79 Å². The van der Waals surface area contributed by atoms with E-state index in [4.69, 9.17) is 11.6 Å². The lowest BCUT2D eigenvalue weighted by Gasteiger charge is -2.36. The second-order valence-electron chi connectivity index (χ2n) is 7.26. The fourth-order valence-electron chi connectivity index (χ4n) is 3.82. The van der Waals surface area contributed by atoms with Crippen LogP contribution in [0.4, 0.5) is 20.6 Å². The first-order valence-electron chi connectivity index (χ1n) is 9.62. The van der Waals surface area contributed by atoms with Crippen LogP contribution in [0.15, 0.2) is 48.5 Å². The molecule has 0 radical (unpaired) electrons. The summed E-state index contributed by atoms with van der Waals surface area (Å²) >= 11 is 6.26. The van der Waals surface area contributed by atoms with E-state index in [0.717, 1.165) is 5.69 Å². The third-order valence-corrected chi connectivity index (χ3v) is 5.65. The van der Waals surface area contributed by atoms with E-state index in [1.807, 2.05) is 24.3 Å². The van der Waals surface area contributed by atoms with Gasteiger partial charge in [0.05, 0.1) is 16.8 Å². The van der Waals surface area contributed by atoms with Crippen LogP contribution in [0.5, 0.6) is 0 Å². The number of urea groups is 1. The van der Waals surface area contributed by atoms with Crippen molar-refractivity contribution in [2.75, 3.05) is 42.5 Å². The lowest BCUT2D eigenvalue weighted by Crippen LogP contribution is -2.54. The molecule has 2 aromatic rings. The second kappa shape index (κ2) is 8.29. The minimum absolute atomic E-state index is 0.121. The van der Waals surface area contributed by atoms with Crippen molar-refractivity contribution in [3.63, 3.8) is 0 Å². The summed E-state index contributed by atoms with van der Waals surface area (Å²) in [4.78, 5) is 30.4. The summed E-state index contributed by atoms with van der Waals surface area (Å²) in [6, 6.07) is 13.1. The quantitative estimate of drug-likeness (QED) is 0.836. The molecule has 2 saturated heterocycles. The topological polar surface area (TPSA) is 55.9 Å². The van der Waals surface area contributed by atoms with Crippen molar-refractivity contribution in [1.82, 2.24) is 10.2 Å². The largest absolute Gasteiger partial charge is 0.367 e. The van der Waals surface area contributed by atoms with Crippen LogP contribution in [-0.4, -0.2) is 55.6 Å². The highest BCUT2D eigenvalue weighted by Gasteiger charge is 2.33. The summed E-state index contributed by atoms with van der Waals surface area (Å²) in [7, 11) is 0. The molecule has 0 aliphatic carbocycles. The molecule has 2 aromatic carbocycles. The van der Waals surface area contributed by atoms with Crippen molar-refractivity contribution < 1.29 is 14.0 Å². The Hall–Kier alpha value is -2.80. The molecule has 0 spiro atoms. The number of rotatable bonds is 3. The van der Waals surface area contributed by atoms with Crippen molar-refractivity contribution >= 4 is 34.9 Å². The van der Waals surface area contributed by atoms with Crippen LogP contribution in [0, 0.1) is 5.82 Å². The lowest BCUT2D eigenvalue weighted by atomic mass is 10.2. The molecule has 3 amide bonds. The standard InChI is InChI=1S/C21H22ClFN4O2/c22-18-6-1-2-7-19(18)25-8-10-26(11-9-25)21(29)24-16-13-20(28)27(14-16)17-5-3-4-15(23)12-17/h1-7,12,16H,8-11,13-14H2,(H,24,29). The fourth-order valence-corrected chi connectivity index (χ4v) is 4.08. The number of carbonyl (C=O) groups excluding carboxylic acids is 2. The maximum atomic E-state index is 13.5. The number of hydrogen-bond donors (Lipinski definition) is 1. The van der Waals surface area contributed by atoms with Crippen molar-refractivity contribution in [3.05, 3.63) is 59.4 Å². The van der Waals surface area contributed by atoms with Gasteiger partial charge in [0.15, 0.2) is 0 Å². The van der Waals surface area contributed by atoms with Crippen LogP contribution in [0.1, 0.15) is 6.42 Å². The average Bonchev–Trinajstić information content (AvgIpc) is 3.08. The van der Waals surface area contributed by atoms with Crippen molar-refractivity contribution in [1.29, 1.82) is 0 Å². The number of nitrogens with one attached hydrogen (secondary N) is 1. The maximum Gasteiger partial charge on any atom is 0.317 e. The Balaban J connectivity index is 1.31. The Morgan fingerprint density at radius 3 is 2.55 bits per heavy atom. The molecule has 0 bridgehead atoms. The molecule has 1 atom stereocenters. The number of para-hydroxylation sites is 1. The molecule has 0 aromatic heterocycles. The van der Waals surface area contributed by atoms with E-state index in [-0.39, 0.29) is 30.2 Å². The van der Waals surface area contributed by atoms with Gasteiger partial charge >= 0.3 is 6.03 Å². The van der Waals surface area contributed by atoms with Crippen LogP contribution >= 0.6 is 11.6 Å². The van der Waals surface area contributed by atoms with E-state index in [9.17, 15) is 14.0 Å². The summed E-state index contributed by atoms with van der Waals surface area (Å²) < 4.78 is 13.5. The summed E-state index contributed by atoms with van der Waals surface area (Å²) in [5.74, 6) is -0.511. The number of carbonyl (C=O) groups is 2. The van der Waals surface area contributed by atoms with E-state index in [1.54, 1.807) is 17.0 Å².